The quantitative estimate of drug-likeness (QED) is 0.665. The minimum atomic E-state index is -0.350. The van der Waals surface area contributed by atoms with Gasteiger partial charge in [0.2, 0.25) is 5.91 Å². The number of carbonyl (C=O) groups is 1. The summed E-state index contributed by atoms with van der Waals surface area (Å²) in [5, 5.41) is 0. The molecule has 0 aromatic rings. The molecular formula is C11H19NO. The fraction of sp³-hybridized carbons (Fsp3) is 0.364. The number of amides is 1. The minimum absolute atomic E-state index is 0.232. The van der Waals surface area contributed by atoms with Gasteiger partial charge in [0, 0.05) is 0 Å². The predicted molar refractivity (Wildman–Crippen MR) is 58.3 cm³/mol. The third kappa shape index (κ3) is 10.7. The molecule has 0 aliphatic carbocycles. The molecular weight excluding hydrogens is 162 g/mol. The number of hydrogen-bond donors (Lipinski definition) is 1. The second-order valence-corrected chi connectivity index (χ2v) is 2.41. The molecule has 0 aromatic heterocycles. The van der Waals surface area contributed by atoms with Crippen LogP contribution in [0.4, 0.5) is 0 Å². The van der Waals surface area contributed by atoms with Crippen LogP contribution in [0.2, 0.25) is 0 Å². The van der Waals surface area contributed by atoms with Crippen molar-refractivity contribution >= 4 is 5.91 Å². The molecule has 2 nitrogen and oxygen atoms in total. The smallest absolute Gasteiger partial charge is 0.221 e. The lowest BCUT2D eigenvalue weighted by atomic mass is 10.1. The SMILES string of the molecule is C=C/C(=C\C(=C)C)CC(N)=O.CC. The molecule has 0 aromatic carbocycles. The molecule has 0 aliphatic heterocycles. The fourth-order valence-electron chi connectivity index (χ4n) is 0.700. The van der Waals surface area contributed by atoms with Crippen molar-refractivity contribution in [2.75, 3.05) is 0 Å². The first kappa shape index (κ1) is 14.2. The molecule has 0 bridgehead atoms. The third-order valence-electron chi connectivity index (χ3n) is 1.07. The Bertz CT molecular complexity index is 214. The molecule has 74 valence electrons. The van der Waals surface area contributed by atoms with Gasteiger partial charge in [0.15, 0.2) is 0 Å². The summed E-state index contributed by atoms with van der Waals surface area (Å²) in [6.07, 6.45) is 3.63. The van der Waals surface area contributed by atoms with Gasteiger partial charge in [0.1, 0.15) is 0 Å². The van der Waals surface area contributed by atoms with Gasteiger partial charge in [-0.15, -0.1) is 0 Å². The Hall–Kier alpha value is -1.31. The standard InChI is InChI=1S/C9H13NO.C2H6/c1-4-8(5-7(2)3)6-9(10)11;1-2/h4-5H,1-2,6H2,3H3,(H2,10,11);1-2H3/b8-5+;. The number of primary amides is 1. The van der Waals surface area contributed by atoms with Crippen molar-refractivity contribution in [3.63, 3.8) is 0 Å². The summed E-state index contributed by atoms with van der Waals surface area (Å²) in [6, 6.07) is 0. The van der Waals surface area contributed by atoms with Crippen LogP contribution in [0.3, 0.4) is 0 Å². The van der Waals surface area contributed by atoms with E-state index in [-0.39, 0.29) is 12.3 Å². The van der Waals surface area contributed by atoms with Crippen molar-refractivity contribution in [1.29, 1.82) is 0 Å². The van der Waals surface area contributed by atoms with Crippen LogP contribution >= 0.6 is 0 Å². The highest BCUT2D eigenvalue weighted by atomic mass is 16.1. The number of nitrogens with two attached hydrogens (primary N) is 1. The summed E-state index contributed by atoms with van der Waals surface area (Å²) in [4.78, 5) is 10.5. The van der Waals surface area contributed by atoms with Crippen molar-refractivity contribution in [3.05, 3.63) is 36.5 Å². The van der Waals surface area contributed by atoms with Gasteiger partial charge in [0.05, 0.1) is 6.42 Å². The predicted octanol–water partition coefficient (Wildman–Crippen LogP) is 2.58. The van der Waals surface area contributed by atoms with Crippen LogP contribution in [0.25, 0.3) is 0 Å². The molecule has 0 saturated heterocycles. The molecule has 0 saturated carbocycles. The highest BCUT2D eigenvalue weighted by Crippen LogP contribution is 2.05. The highest BCUT2D eigenvalue weighted by molar-refractivity contribution is 5.77. The molecule has 0 spiro atoms. The van der Waals surface area contributed by atoms with E-state index in [1.165, 1.54) is 0 Å². The van der Waals surface area contributed by atoms with Crippen molar-refractivity contribution in [3.8, 4) is 0 Å². The van der Waals surface area contributed by atoms with E-state index in [0.717, 1.165) is 11.1 Å². The summed E-state index contributed by atoms with van der Waals surface area (Å²) in [5.74, 6) is -0.350. The molecule has 0 aliphatic rings. The molecule has 1 amide bonds. The van der Waals surface area contributed by atoms with Gasteiger partial charge in [-0.25, -0.2) is 0 Å². The number of rotatable bonds is 4. The minimum Gasteiger partial charge on any atom is -0.369 e. The molecule has 0 heterocycles. The van der Waals surface area contributed by atoms with E-state index in [1.807, 2.05) is 20.8 Å². The third-order valence-corrected chi connectivity index (χ3v) is 1.07. The van der Waals surface area contributed by atoms with Crippen LogP contribution in [0.5, 0.6) is 0 Å². The number of hydrogen-bond acceptors (Lipinski definition) is 1. The fourth-order valence-corrected chi connectivity index (χ4v) is 0.700. The Balaban J connectivity index is 0. The molecule has 0 atom stereocenters. The molecule has 0 unspecified atom stereocenters. The normalized spacial score (nSPS) is 9.62. The second-order valence-electron chi connectivity index (χ2n) is 2.41. The Kier molecular flexibility index (Phi) is 9.61. The largest absolute Gasteiger partial charge is 0.369 e. The molecule has 13 heavy (non-hydrogen) atoms. The van der Waals surface area contributed by atoms with Crippen molar-refractivity contribution in [2.45, 2.75) is 27.2 Å². The molecule has 0 radical (unpaired) electrons. The van der Waals surface area contributed by atoms with Crippen LogP contribution in [-0.4, -0.2) is 5.91 Å². The maximum Gasteiger partial charge on any atom is 0.221 e. The summed E-state index contributed by atoms with van der Waals surface area (Å²) >= 11 is 0. The first-order valence-electron chi connectivity index (χ1n) is 4.33. The van der Waals surface area contributed by atoms with Gasteiger partial charge < -0.3 is 5.73 Å². The lowest BCUT2D eigenvalue weighted by Crippen LogP contribution is -2.10. The Labute approximate surface area is 80.8 Å². The molecule has 2 N–H and O–H groups in total. The zero-order valence-corrected chi connectivity index (χ0v) is 8.76. The molecule has 0 rings (SSSR count). The number of carbonyl (C=O) groups excluding carboxylic acids is 1. The van der Waals surface area contributed by atoms with E-state index in [4.69, 9.17) is 5.73 Å². The Morgan fingerprint density at radius 1 is 1.46 bits per heavy atom. The average molecular weight is 181 g/mol. The summed E-state index contributed by atoms with van der Waals surface area (Å²) < 4.78 is 0. The topological polar surface area (TPSA) is 43.1 Å². The monoisotopic (exact) mass is 181 g/mol. The summed E-state index contributed by atoms with van der Waals surface area (Å²) in [5.41, 5.74) is 6.69. The average Bonchev–Trinajstić information content (AvgIpc) is 2.05. The van der Waals surface area contributed by atoms with Gasteiger partial charge in [-0.2, -0.15) is 0 Å². The first-order valence-corrected chi connectivity index (χ1v) is 4.33. The number of allylic oxidation sites excluding steroid dienone is 3. The van der Waals surface area contributed by atoms with Crippen LogP contribution in [0.15, 0.2) is 36.5 Å². The van der Waals surface area contributed by atoms with Crippen LogP contribution in [0.1, 0.15) is 27.2 Å². The summed E-state index contributed by atoms with van der Waals surface area (Å²) in [6.45, 7) is 13.1. The van der Waals surface area contributed by atoms with E-state index < -0.39 is 0 Å². The van der Waals surface area contributed by atoms with Gasteiger partial charge in [-0.3, -0.25) is 4.79 Å². The maximum atomic E-state index is 10.5. The zero-order valence-electron chi connectivity index (χ0n) is 8.76. The van der Waals surface area contributed by atoms with Crippen molar-refractivity contribution < 1.29 is 4.79 Å². The highest BCUT2D eigenvalue weighted by Gasteiger charge is 1.96. The first-order chi connectivity index (χ1) is 6.06. The van der Waals surface area contributed by atoms with Crippen molar-refractivity contribution in [2.24, 2.45) is 5.73 Å². The van der Waals surface area contributed by atoms with E-state index in [1.54, 1.807) is 12.2 Å². The van der Waals surface area contributed by atoms with Gasteiger partial charge >= 0.3 is 0 Å². The summed E-state index contributed by atoms with van der Waals surface area (Å²) in [7, 11) is 0. The van der Waals surface area contributed by atoms with Gasteiger partial charge in [0.25, 0.3) is 0 Å². The van der Waals surface area contributed by atoms with Crippen molar-refractivity contribution in [1.82, 2.24) is 0 Å². The lowest BCUT2D eigenvalue weighted by Gasteiger charge is -1.96. The Morgan fingerprint density at radius 3 is 2.15 bits per heavy atom. The van der Waals surface area contributed by atoms with Crippen LogP contribution in [0, 0.1) is 0 Å². The second kappa shape index (κ2) is 8.78. The van der Waals surface area contributed by atoms with Crippen LogP contribution < -0.4 is 5.73 Å². The van der Waals surface area contributed by atoms with Gasteiger partial charge in [-0.1, -0.05) is 44.7 Å². The molecule has 0 fully saturated rings. The van der Waals surface area contributed by atoms with Gasteiger partial charge in [-0.05, 0) is 12.5 Å². The van der Waals surface area contributed by atoms with E-state index >= 15 is 0 Å². The molecule has 2 heteroatoms. The maximum absolute atomic E-state index is 10.5. The lowest BCUT2D eigenvalue weighted by molar-refractivity contribution is -0.117. The van der Waals surface area contributed by atoms with E-state index in [0.29, 0.717) is 0 Å². The van der Waals surface area contributed by atoms with E-state index in [2.05, 4.69) is 13.2 Å². The zero-order chi connectivity index (χ0) is 10.9. The van der Waals surface area contributed by atoms with Crippen LogP contribution in [-0.2, 0) is 4.79 Å². The van der Waals surface area contributed by atoms with E-state index in [9.17, 15) is 4.79 Å². The Morgan fingerprint density at radius 2 is 1.92 bits per heavy atom.